The lowest BCUT2D eigenvalue weighted by atomic mass is 10.2. The quantitative estimate of drug-likeness (QED) is 0.665. The highest BCUT2D eigenvalue weighted by Crippen LogP contribution is 2.15. The van der Waals surface area contributed by atoms with Gasteiger partial charge >= 0.3 is 6.09 Å². The van der Waals surface area contributed by atoms with Crippen LogP contribution in [0.4, 0.5) is 4.79 Å². The van der Waals surface area contributed by atoms with Crippen LogP contribution >= 0.6 is 0 Å². The summed E-state index contributed by atoms with van der Waals surface area (Å²) in [6, 6.07) is 3.36. The molecule has 0 spiro atoms. The average molecular weight is 243 g/mol. The average Bonchev–Trinajstić information content (AvgIpc) is 2.69. The molecule has 0 fully saturated rings. The van der Waals surface area contributed by atoms with Crippen LogP contribution in [0.5, 0.6) is 0 Å². The van der Waals surface area contributed by atoms with Crippen molar-refractivity contribution < 1.29 is 9.53 Å². The van der Waals surface area contributed by atoms with E-state index in [1.54, 1.807) is 32.9 Å². The zero-order valence-corrected chi connectivity index (χ0v) is 10.5. The third kappa shape index (κ3) is 2.33. The summed E-state index contributed by atoms with van der Waals surface area (Å²) in [4.78, 5) is 16.1. The van der Waals surface area contributed by atoms with E-state index in [0.717, 1.165) is 0 Å². The highest BCUT2D eigenvalue weighted by atomic mass is 16.6. The van der Waals surface area contributed by atoms with E-state index in [1.165, 1.54) is 10.9 Å². The molecule has 0 aromatic carbocycles. The van der Waals surface area contributed by atoms with Gasteiger partial charge in [0, 0.05) is 0 Å². The number of rotatable bonds is 0. The van der Waals surface area contributed by atoms with E-state index in [2.05, 4.69) is 16.0 Å². The van der Waals surface area contributed by atoms with Gasteiger partial charge in [0.15, 0.2) is 0 Å². The van der Waals surface area contributed by atoms with Crippen LogP contribution in [0.15, 0.2) is 18.3 Å². The van der Waals surface area contributed by atoms with E-state index in [0.29, 0.717) is 16.7 Å². The summed E-state index contributed by atoms with van der Waals surface area (Å²) >= 11 is 0. The Kier molecular flexibility index (Phi) is 2.79. The van der Waals surface area contributed by atoms with Gasteiger partial charge in [-0.25, -0.2) is 9.78 Å². The van der Waals surface area contributed by atoms with E-state index in [1.807, 2.05) is 0 Å². The van der Waals surface area contributed by atoms with Crippen molar-refractivity contribution in [2.75, 3.05) is 0 Å². The first-order chi connectivity index (χ1) is 8.40. The summed E-state index contributed by atoms with van der Waals surface area (Å²) in [6.07, 6.45) is 6.21. The van der Waals surface area contributed by atoms with Gasteiger partial charge in [-0.05, 0) is 32.9 Å². The second-order valence-electron chi connectivity index (χ2n) is 4.78. The minimum atomic E-state index is -0.568. The van der Waals surface area contributed by atoms with Crippen molar-refractivity contribution >= 4 is 17.1 Å². The fraction of sp³-hybridized carbons (Fsp3) is 0.308. The molecule has 0 saturated heterocycles. The van der Waals surface area contributed by atoms with E-state index in [-0.39, 0.29) is 0 Å². The molecule has 2 rings (SSSR count). The van der Waals surface area contributed by atoms with Crippen molar-refractivity contribution in [2.24, 2.45) is 0 Å². The SMILES string of the molecule is C#Cc1ccc2c(cnn2C(=O)OC(C)(C)C)n1. The lowest BCUT2D eigenvalue weighted by Gasteiger charge is -2.19. The number of hydrogen-bond acceptors (Lipinski definition) is 4. The molecule has 0 amide bonds. The lowest BCUT2D eigenvalue weighted by Crippen LogP contribution is -2.27. The van der Waals surface area contributed by atoms with E-state index in [4.69, 9.17) is 11.2 Å². The maximum absolute atomic E-state index is 11.9. The third-order valence-corrected chi connectivity index (χ3v) is 2.14. The third-order valence-electron chi connectivity index (χ3n) is 2.14. The molecule has 92 valence electrons. The van der Waals surface area contributed by atoms with Crippen LogP contribution in [0.2, 0.25) is 0 Å². The predicted molar refractivity (Wildman–Crippen MR) is 67.1 cm³/mol. The summed E-state index contributed by atoms with van der Waals surface area (Å²) < 4.78 is 6.41. The summed E-state index contributed by atoms with van der Waals surface area (Å²) in [5.74, 6) is 2.43. The number of nitrogens with zero attached hydrogens (tertiary/aromatic N) is 3. The molecule has 0 aliphatic carbocycles. The predicted octanol–water partition coefficient (Wildman–Crippen LogP) is 2.20. The Morgan fingerprint density at radius 2 is 2.17 bits per heavy atom. The van der Waals surface area contributed by atoms with Crippen LogP contribution in [0, 0.1) is 12.3 Å². The summed E-state index contributed by atoms with van der Waals surface area (Å²) in [6.45, 7) is 5.39. The molecule has 0 N–H and O–H groups in total. The maximum atomic E-state index is 11.9. The first-order valence-electron chi connectivity index (χ1n) is 5.45. The molecule has 0 aliphatic heterocycles. The molecule has 0 saturated carbocycles. The Bertz CT molecular complexity index is 644. The van der Waals surface area contributed by atoms with Crippen molar-refractivity contribution in [2.45, 2.75) is 26.4 Å². The fourth-order valence-electron chi connectivity index (χ4n) is 1.45. The minimum absolute atomic E-state index is 0.506. The number of carbonyl (C=O) groups excluding carboxylic acids is 1. The van der Waals surface area contributed by atoms with Gasteiger partial charge in [-0.1, -0.05) is 5.92 Å². The fourth-order valence-corrected chi connectivity index (χ4v) is 1.45. The van der Waals surface area contributed by atoms with Gasteiger partial charge < -0.3 is 4.74 Å². The van der Waals surface area contributed by atoms with Crippen LogP contribution in [-0.4, -0.2) is 26.5 Å². The summed E-state index contributed by atoms with van der Waals surface area (Å²) in [5.41, 5.74) is 1.08. The van der Waals surface area contributed by atoms with Gasteiger partial charge in [-0.15, -0.1) is 6.42 Å². The Morgan fingerprint density at radius 3 is 2.78 bits per heavy atom. The lowest BCUT2D eigenvalue weighted by molar-refractivity contribution is 0.0522. The summed E-state index contributed by atoms with van der Waals surface area (Å²) in [5, 5.41) is 3.97. The number of hydrogen-bond donors (Lipinski definition) is 0. The van der Waals surface area contributed by atoms with E-state index in [9.17, 15) is 4.79 Å². The maximum Gasteiger partial charge on any atom is 0.435 e. The van der Waals surface area contributed by atoms with E-state index >= 15 is 0 Å². The summed E-state index contributed by atoms with van der Waals surface area (Å²) in [7, 11) is 0. The van der Waals surface area contributed by atoms with Crippen LogP contribution in [0.1, 0.15) is 26.5 Å². The molecule has 0 radical (unpaired) electrons. The molecular weight excluding hydrogens is 230 g/mol. The highest BCUT2D eigenvalue weighted by Gasteiger charge is 2.20. The second-order valence-corrected chi connectivity index (χ2v) is 4.78. The number of terminal acetylenes is 1. The molecule has 2 heterocycles. The standard InChI is InChI=1S/C13H13N3O2/c1-5-9-6-7-11-10(15-9)8-14-16(11)12(17)18-13(2,3)4/h1,6-8H,2-4H3. The minimum Gasteiger partial charge on any atom is -0.442 e. The Hall–Kier alpha value is -2.35. The number of ether oxygens (including phenoxy) is 1. The van der Waals surface area contributed by atoms with E-state index < -0.39 is 11.7 Å². The van der Waals surface area contributed by atoms with Gasteiger partial charge in [-0.2, -0.15) is 9.78 Å². The molecule has 0 unspecified atom stereocenters. The number of pyridine rings is 1. The number of carbonyl (C=O) groups is 1. The Balaban J connectivity index is 2.42. The van der Waals surface area contributed by atoms with Crippen LogP contribution < -0.4 is 0 Å². The first-order valence-corrected chi connectivity index (χ1v) is 5.45. The van der Waals surface area contributed by atoms with Gasteiger partial charge in [0.25, 0.3) is 0 Å². The largest absolute Gasteiger partial charge is 0.442 e. The molecule has 0 bridgehead atoms. The highest BCUT2D eigenvalue weighted by molar-refractivity contribution is 5.85. The Labute approximate surface area is 105 Å². The zero-order valence-electron chi connectivity index (χ0n) is 10.5. The molecule has 2 aromatic rings. The Morgan fingerprint density at radius 1 is 1.44 bits per heavy atom. The monoisotopic (exact) mass is 243 g/mol. The van der Waals surface area contributed by atoms with Gasteiger partial charge in [0.05, 0.1) is 11.7 Å². The molecule has 18 heavy (non-hydrogen) atoms. The van der Waals surface area contributed by atoms with Crippen LogP contribution in [0.25, 0.3) is 11.0 Å². The van der Waals surface area contributed by atoms with Crippen molar-refractivity contribution in [3.8, 4) is 12.3 Å². The van der Waals surface area contributed by atoms with Crippen LogP contribution in [0.3, 0.4) is 0 Å². The number of fused-ring (bicyclic) bond motifs is 1. The van der Waals surface area contributed by atoms with Gasteiger partial charge in [0.2, 0.25) is 0 Å². The van der Waals surface area contributed by atoms with Gasteiger partial charge in [0.1, 0.15) is 16.8 Å². The molecule has 5 heteroatoms. The van der Waals surface area contributed by atoms with Crippen LogP contribution in [-0.2, 0) is 4.74 Å². The number of aromatic nitrogens is 3. The second kappa shape index (κ2) is 4.15. The van der Waals surface area contributed by atoms with Crippen molar-refractivity contribution in [3.05, 3.63) is 24.0 Å². The molecule has 0 aliphatic rings. The molecule has 2 aromatic heterocycles. The first kappa shape index (κ1) is 12.1. The molecular formula is C13H13N3O2. The zero-order chi connectivity index (χ0) is 13.3. The van der Waals surface area contributed by atoms with Crippen molar-refractivity contribution in [1.82, 2.24) is 14.8 Å². The normalized spacial score (nSPS) is 11.2. The smallest absolute Gasteiger partial charge is 0.435 e. The van der Waals surface area contributed by atoms with Crippen molar-refractivity contribution in [3.63, 3.8) is 0 Å². The topological polar surface area (TPSA) is 57.0 Å². The van der Waals surface area contributed by atoms with Crippen molar-refractivity contribution in [1.29, 1.82) is 0 Å². The van der Waals surface area contributed by atoms with Gasteiger partial charge in [-0.3, -0.25) is 0 Å². The molecule has 0 atom stereocenters. The molecule has 5 nitrogen and oxygen atoms in total.